The molecule has 0 aromatic heterocycles. The number of carbonyl (C=O) groups excluding carboxylic acids is 2. The number of hydrogen-bond donors (Lipinski definition) is 1. The number of anilines is 1. The van der Waals surface area contributed by atoms with Crippen molar-refractivity contribution in [2.75, 3.05) is 11.4 Å². The van der Waals surface area contributed by atoms with Gasteiger partial charge in [0.15, 0.2) is 0 Å². The van der Waals surface area contributed by atoms with Gasteiger partial charge in [-0.25, -0.2) is 0 Å². The predicted molar refractivity (Wildman–Crippen MR) is 76.9 cm³/mol. The van der Waals surface area contributed by atoms with Crippen molar-refractivity contribution in [3.05, 3.63) is 24.3 Å². The third-order valence-corrected chi connectivity index (χ3v) is 3.41. The third-order valence-electron chi connectivity index (χ3n) is 3.41. The Hall–Kier alpha value is -2.25. The quantitative estimate of drug-likeness (QED) is 0.923. The van der Waals surface area contributed by atoms with E-state index in [2.05, 4.69) is 10.1 Å². The molecule has 1 saturated heterocycles. The summed E-state index contributed by atoms with van der Waals surface area (Å²) in [5, 5.41) is 2.64. The summed E-state index contributed by atoms with van der Waals surface area (Å²) >= 11 is 0. The number of hydrogen-bond acceptors (Lipinski definition) is 3. The number of amides is 2. The lowest BCUT2D eigenvalue weighted by molar-refractivity contribution is -0.274. The number of nitrogens with zero attached hydrogens (tertiary/aromatic N) is 1. The molecule has 126 valence electrons. The summed E-state index contributed by atoms with van der Waals surface area (Å²) in [5.74, 6) is -1.22. The molecule has 23 heavy (non-hydrogen) atoms. The predicted octanol–water partition coefficient (Wildman–Crippen LogP) is 2.46. The van der Waals surface area contributed by atoms with E-state index in [1.54, 1.807) is 13.8 Å². The number of alkyl halides is 3. The molecule has 1 aliphatic heterocycles. The van der Waals surface area contributed by atoms with E-state index in [0.717, 1.165) is 12.1 Å². The Kier molecular flexibility index (Phi) is 4.82. The Morgan fingerprint density at radius 2 is 2.09 bits per heavy atom. The molecule has 0 spiro atoms. The maximum absolute atomic E-state index is 12.3. The molecule has 2 rings (SSSR count). The molecule has 0 bridgehead atoms. The molecule has 1 atom stereocenters. The molecule has 1 fully saturated rings. The molecule has 1 aliphatic rings. The first-order valence-corrected chi connectivity index (χ1v) is 7.15. The summed E-state index contributed by atoms with van der Waals surface area (Å²) in [5.41, 5.74) is 0.304. The molecule has 1 unspecified atom stereocenters. The van der Waals surface area contributed by atoms with Crippen molar-refractivity contribution in [1.29, 1.82) is 0 Å². The Labute approximate surface area is 131 Å². The molecule has 1 heterocycles. The average molecular weight is 330 g/mol. The Morgan fingerprint density at radius 1 is 1.39 bits per heavy atom. The summed E-state index contributed by atoms with van der Waals surface area (Å²) in [6, 6.07) is 4.56. The van der Waals surface area contributed by atoms with Crippen LogP contribution in [0.5, 0.6) is 5.75 Å². The molecule has 0 saturated carbocycles. The first-order chi connectivity index (χ1) is 10.7. The van der Waals surface area contributed by atoms with Crippen LogP contribution in [0.4, 0.5) is 18.9 Å². The maximum Gasteiger partial charge on any atom is 0.573 e. The van der Waals surface area contributed by atoms with Crippen LogP contribution in [0.25, 0.3) is 0 Å². The van der Waals surface area contributed by atoms with Crippen molar-refractivity contribution in [3.8, 4) is 5.75 Å². The maximum atomic E-state index is 12.3. The van der Waals surface area contributed by atoms with Gasteiger partial charge in [0.05, 0.1) is 0 Å². The van der Waals surface area contributed by atoms with Crippen LogP contribution < -0.4 is 15.0 Å². The summed E-state index contributed by atoms with van der Waals surface area (Å²) in [6.45, 7) is 3.74. The van der Waals surface area contributed by atoms with Gasteiger partial charge in [0.1, 0.15) is 11.8 Å². The highest BCUT2D eigenvalue weighted by atomic mass is 19.4. The molecule has 5 nitrogen and oxygen atoms in total. The second-order valence-electron chi connectivity index (χ2n) is 5.54. The first kappa shape index (κ1) is 17.1. The van der Waals surface area contributed by atoms with Crippen LogP contribution in [-0.2, 0) is 9.59 Å². The van der Waals surface area contributed by atoms with E-state index < -0.39 is 18.2 Å². The van der Waals surface area contributed by atoms with Crippen molar-refractivity contribution in [1.82, 2.24) is 5.32 Å². The van der Waals surface area contributed by atoms with Crippen molar-refractivity contribution in [3.63, 3.8) is 0 Å². The number of carbonyl (C=O) groups is 2. The van der Waals surface area contributed by atoms with E-state index in [0.29, 0.717) is 18.7 Å². The molecule has 8 heteroatoms. The lowest BCUT2D eigenvalue weighted by Crippen LogP contribution is -2.43. The minimum atomic E-state index is -4.79. The van der Waals surface area contributed by atoms with Crippen molar-refractivity contribution < 1.29 is 27.5 Å². The molecule has 2 amide bonds. The highest BCUT2D eigenvalue weighted by molar-refractivity contribution is 6.01. The van der Waals surface area contributed by atoms with E-state index >= 15 is 0 Å². The summed E-state index contributed by atoms with van der Waals surface area (Å²) in [4.78, 5) is 25.3. The Balaban J connectivity index is 2.10. The van der Waals surface area contributed by atoms with Crippen LogP contribution >= 0.6 is 0 Å². The molecule has 0 radical (unpaired) electrons. The highest BCUT2D eigenvalue weighted by Gasteiger charge is 2.35. The fourth-order valence-corrected chi connectivity index (χ4v) is 2.26. The van der Waals surface area contributed by atoms with Gasteiger partial charge in [0, 0.05) is 24.2 Å². The van der Waals surface area contributed by atoms with Gasteiger partial charge < -0.3 is 15.0 Å². The van der Waals surface area contributed by atoms with Gasteiger partial charge in [0.25, 0.3) is 0 Å². The van der Waals surface area contributed by atoms with E-state index in [4.69, 9.17) is 0 Å². The minimum absolute atomic E-state index is 0.237. The van der Waals surface area contributed by atoms with Crippen LogP contribution in [0.3, 0.4) is 0 Å². The zero-order valence-corrected chi connectivity index (χ0v) is 12.7. The van der Waals surface area contributed by atoms with Crippen molar-refractivity contribution in [2.24, 2.45) is 5.92 Å². The standard InChI is InChI=1S/C15H17F3N2O3/c1-9(2)13(21)19-12-6-7-20(14(12)22)10-4-3-5-11(8-10)23-15(16,17)18/h3-5,8-9,12H,6-7H2,1-2H3,(H,19,21). The second-order valence-corrected chi connectivity index (χ2v) is 5.54. The Bertz CT molecular complexity index is 602. The fraction of sp³-hybridized carbons (Fsp3) is 0.467. The topological polar surface area (TPSA) is 58.6 Å². The van der Waals surface area contributed by atoms with Crippen molar-refractivity contribution >= 4 is 17.5 Å². The smallest absolute Gasteiger partial charge is 0.406 e. The van der Waals surface area contributed by atoms with Crippen LogP contribution in [0, 0.1) is 5.92 Å². The minimum Gasteiger partial charge on any atom is -0.406 e. The molecular weight excluding hydrogens is 313 g/mol. The second kappa shape index (κ2) is 6.47. The van der Waals surface area contributed by atoms with E-state index in [9.17, 15) is 22.8 Å². The summed E-state index contributed by atoms with van der Waals surface area (Å²) in [6.07, 6.45) is -4.39. The number of ether oxygens (including phenoxy) is 1. The van der Waals surface area contributed by atoms with Crippen LogP contribution in [0.2, 0.25) is 0 Å². The zero-order valence-electron chi connectivity index (χ0n) is 12.7. The summed E-state index contributed by atoms with van der Waals surface area (Å²) < 4.78 is 40.6. The van der Waals surface area contributed by atoms with Gasteiger partial charge in [-0.2, -0.15) is 0 Å². The van der Waals surface area contributed by atoms with E-state index in [1.165, 1.54) is 17.0 Å². The van der Waals surface area contributed by atoms with E-state index in [-0.39, 0.29) is 17.7 Å². The SMILES string of the molecule is CC(C)C(=O)NC1CCN(c2cccc(OC(F)(F)F)c2)C1=O. The average Bonchev–Trinajstić information content (AvgIpc) is 2.78. The normalized spacial score (nSPS) is 18.4. The number of benzene rings is 1. The van der Waals surface area contributed by atoms with Crippen LogP contribution in [0.15, 0.2) is 24.3 Å². The van der Waals surface area contributed by atoms with Crippen molar-refractivity contribution in [2.45, 2.75) is 32.7 Å². The fourth-order valence-electron chi connectivity index (χ4n) is 2.26. The molecular formula is C15H17F3N2O3. The van der Waals surface area contributed by atoms with E-state index in [1.807, 2.05) is 0 Å². The summed E-state index contributed by atoms with van der Waals surface area (Å²) in [7, 11) is 0. The zero-order chi connectivity index (χ0) is 17.2. The molecule has 1 aromatic carbocycles. The van der Waals surface area contributed by atoms with Gasteiger partial charge in [-0.3, -0.25) is 9.59 Å². The first-order valence-electron chi connectivity index (χ1n) is 7.15. The number of halogens is 3. The van der Waals surface area contributed by atoms with Gasteiger partial charge in [0.2, 0.25) is 11.8 Å². The van der Waals surface area contributed by atoms with Gasteiger partial charge in [-0.1, -0.05) is 19.9 Å². The lowest BCUT2D eigenvalue weighted by atomic mass is 10.1. The van der Waals surface area contributed by atoms with Gasteiger partial charge >= 0.3 is 6.36 Å². The van der Waals surface area contributed by atoms with Gasteiger partial charge in [-0.15, -0.1) is 13.2 Å². The van der Waals surface area contributed by atoms with Crippen LogP contribution in [-0.4, -0.2) is 30.8 Å². The highest BCUT2D eigenvalue weighted by Crippen LogP contribution is 2.29. The largest absolute Gasteiger partial charge is 0.573 e. The Morgan fingerprint density at radius 3 is 2.70 bits per heavy atom. The lowest BCUT2D eigenvalue weighted by Gasteiger charge is -2.19. The molecule has 1 aromatic rings. The number of rotatable bonds is 4. The molecule has 1 N–H and O–H groups in total. The van der Waals surface area contributed by atoms with Gasteiger partial charge in [-0.05, 0) is 18.6 Å². The monoisotopic (exact) mass is 330 g/mol. The third kappa shape index (κ3) is 4.37. The molecule has 0 aliphatic carbocycles. The van der Waals surface area contributed by atoms with Crippen LogP contribution in [0.1, 0.15) is 20.3 Å². The number of nitrogens with one attached hydrogen (secondary N) is 1.